The zero-order chi connectivity index (χ0) is 9.31. The minimum Gasteiger partial charge on any atom is -0.309 e. The Bertz CT molecular complexity index is 175. The largest absolute Gasteiger partial charge is 0.309 e. The molecule has 0 radical (unpaired) electrons. The molecule has 0 aromatic carbocycles. The van der Waals surface area contributed by atoms with Gasteiger partial charge in [0.25, 0.3) is 0 Å². The second-order valence-electron chi connectivity index (χ2n) is 4.89. The molecule has 0 aromatic heterocycles. The molecule has 2 fully saturated rings. The molecule has 2 aliphatic rings. The monoisotopic (exact) mass is 182 g/mol. The van der Waals surface area contributed by atoms with E-state index in [1.54, 1.807) is 0 Å². The van der Waals surface area contributed by atoms with Gasteiger partial charge in [-0.25, -0.2) is 0 Å². The minimum absolute atomic E-state index is 0.438. The van der Waals surface area contributed by atoms with E-state index in [9.17, 15) is 0 Å². The van der Waals surface area contributed by atoms with Crippen molar-refractivity contribution in [3.8, 4) is 0 Å². The number of rotatable bonds is 3. The zero-order valence-electron chi connectivity index (χ0n) is 8.97. The third kappa shape index (κ3) is 2.05. The van der Waals surface area contributed by atoms with E-state index in [1.807, 2.05) is 0 Å². The van der Waals surface area contributed by atoms with E-state index < -0.39 is 0 Å². The summed E-state index contributed by atoms with van der Waals surface area (Å²) in [6.07, 6.45) is 4.19. The standard InChI is InChI=1S/C11H22N2/c1-3-7-13-8-6-12-11(2,9-13)10-4-5-10/h10,12H,3-9H2,1-2H3. The van der Waals surface area contributed by atoms with E-state index in [0.717, 1.165) is 5.92 Å². The molecular formula is C11H22N2. The Morgan fingerprint density at radius 3 is 2.85 bits per heavy atom. The van der Waals surface area contributed by atoms with Crippen LogP contribution in [0.5, 0.6) is 0 Å². The fourth-order valence-electron chi connectivity index (χ4n) is 2.60. The SMILES string of the molecule is CCCN1CCNC(C)(C2CC2)C1. The highest BCUT2D eigenvalue weighted by atomic mass is 15.2. The molecule has 2 heteroatoms. The van der Waals surface area contributed by atoms with Crippen LogP contribution in [0.2, 0.25) is 0 Å². The molecule has 1 unspecified atom stereocenters. The number of hydrogen-bond acceptors (Lipinski definition) is 2. The van der Waals surface area contributed by atoms with Crippen molar-refractivity contribution in [3.05, 3.63) is 0 Å². The van der Waals surface area contributed by atoms with Gasteiger partial charge in [-0.3, -0.25) is 0 Å². The summed E-state index contributed by atoms with van der Waals surface area (Å²) < 4.78 is 0. The van der Waals surface area contributed by atoms with E-state index in [0.29, 0.717) is 5.54 Å². The van der Waals surface area contributed by atoms with E-state index in [-0.39, 0.29) is 0 Å². The van der Waals surface area contributed by atoms with Crippen molar-refractivity contribution in [3.63, 3.8) is 0 Å². The Balaban J connectivity index is 1.90. The lowest BCUT2D eigenvalue weighted by atomic mass is 9.93. The number of hydrogen-bond donors (Lipinski definition) is 1. The normalized spacial score (nSPS) is 36.5. The van der Waals surface area contributed by atoms with Crippen LogP contribution in [0.4, 0.5) is 0 Å². The number of nitrogens with zero attached hydrogens (tertiary/aromatic N) is 1. The molecule has 0 aromatic rings. The van der Waals surface area contributed by atoms with Crippen LogP contribution in [0.3, 0.4) is 0 Å². The molecule has 1 saturated heterocycles. The quantitative estimate of drug-likeness (QED) is 0.711. The lowest BCUT2D eigenvalue weighted by Gasteiger charge is -2.42. The van der Waals surface area contributed by atoms with Gasteiger partial charge in [0.1, 0.15) is 0 Å². The van der Waals surface area contributed by atoms with Gasteiger partial charge in [0.2, 0.25) is 0 Å². The van der Waals surface area contributed by atoms with Crippen molar-refractivity contribution in [1.82, 2.24) is 10.2 Å². The van der Waals surface area contributed by atoms with Gasteiger partial charge in [0.05, 0.1) is 0 Å². The van der Waals surface area contributed by atoms with Crippen LogP contribution in [-0.4, -0.2) is 36.6 Å². The van der Waals surface area contributed by atoms with E-state index in [4.69, 9.17) is 0 Å². The summed E-state index contributed by atoms with van der Waals surface area (Å²) in [7, 11) is 0. The predicted octanol–water partition coefficient (Wildman–Crippen LogP) is 1.47. The second kappa shape index (κ2) is 3.58. The first-order chi connectivity index (χ1) is 6.24. The molecule has 1 heterocycles. The van der Waals surface area contributed by atoms with Crippen molar-refractivity contribution in [1.29, 1.82) is 0 Å². The summed E-state index contributed by atoms with van der Waals surface area (Å²) in [5.41, 5.74) is 0.438. The van der Waals surface area contributed by atoms with Crippen LogP contribution in [0.1, 0.15) is 33.1 Å². The molecule has 0 bridgehead atoms. The van der Waals surface area contributed by atoms with Crippen LogP contribution in [0.15, 0.2) is 0 Å². The molecule has 2 nitrogen and oxygen atoms in total. The Hall–Kier alpha value is -0.0800. The van der Waals surface area contributed by atoms with Gasteiger partial charge in [-0.15, -0.1) is 0 Å². The van der Waals surface area contributed by atoms with Gasteiger partial charge in [-0.1, -0.05) is 6.92 Å². The average Bonchev–Trinajstić information content (AvgIpc) is 2.86. The molecule has 1 saturated carbocycles. The molecule has 2 rings (SSSR count). The smallest absolute Gasteiger partial charge is 0.0309 e. The lowest BCUT2D eigenvalue weighted by Crippen LogP contribution is -2.60. The second-order valence-corrected chi connectivity index (χ2v) is 4.89. The highest BCUT2D eigenvalue weighted by Gasteiger charge is 2.43. The maximum Gasteiger partial charge on any atom is 0.0309 e. The Morgan fingerprint density at radius 2 is 2.23 bits per heavy atom. The van der Waals surface area contributed by atoms with E-state index >= 15 is 0 Å². The summed E-state index contributed by atoms with van der Waals surface area (Å²) in [6.45, 7) is 9.67. The first-order valence-electron chi connectivity index (χ1n) is 5.72. The zero-order valence-corrected chi connectivity index (χ0v) is 8.97. The summed E-state index contributed by atoms with van der Waals surface area (Å²) in [4.78, 5) is 2.62. The van der Waals surface area contributed by atoms with Crippen LogP contribution in [0, 0.1) is 5.92 Å². The van der Waals surface area contributed by atoms with Crippen molar-refractivity contribution >= 4 is 0 Å². The molecule has 1 N–H and O–H groups in total. The highest BCUT2D eigenvalue weighted by molar-refractivity contribution is 5.01. The Labute approximate surface area is 81.7 Å². The summed E-state index contributed by atoms with van der Waals surface area (Å²) in [5, 5.41) is 3.70. The number of piperazine rings is 1. The molecule has 0 spiro atoms. The minimum atomic E-state index is 0.438. The van der Waals surface area contributed by atoms with Gasteiger partial charge in [-0.05, 0) is 38.6 Å². The van der Waals surface area contributed by atoms with Gasteiger partial charge in [0.15, 0.2) is 0 Å². The van der Waals surface area contributed by atoms with Crippen molar-refractivity contribution < 1.29 is 0 Å². The molecule has 1 atom stereocenters. The van der Waals surface area contributed by atoms with E-state index in [1.165, 1.54) is 45.4 Å². The van der Waals surface area contributed by atoms with Crippen molar-refractivity contribution in [2.75, 3.05) is 26.2 Å². The van der Waals surface area contributed by atoms with Gasteiger partial charge in [-0.2, -0.15) is 0 Å². The summed E-state index contributed by atoms with van der Waals surface area (Å²) >= 11 is 0. The molecule has 1 aliphatic heterocycles. The van der Waals surface area contributed by atoms with Crippen LogP contribution >= 0.6 is 0 Å². The Morgan fingerprint density at radius 1 is 1.46 bits per heavy atom. The van der Waals surface area contributed by atoms with E-state index in [2.05, 4.69) is 24.1 Å². The third-order valence-corrected chi connectivity index (χ3v) is 3.53. The highest BCUT2D eigenvalue weighted by Crippen LogP contribution is 2.40. The predicted molar refractivity (Wildman–Crippen MR) is 55.9 cm³/mol. The first kappa shape index (κ1) is 9.47. The van der Waals surface area contributed by atoms with Crippen molar-refractivity contribution in [2.45, 2.75) is 38.6 Å². The van der Waals surface area contributed by atoms with Gasteiger partial charge in [0, 0.05) is 25.2 Å². The summed E-state index contributed by atoms with van der Waals surface area (Å²) in [6, 6.07) is 0. The molecule has 1 aliphatic carbocycles. The fraction of sp³-hybridized carbons (Fsp3) is 1.00. The lowest BCUT2D eigenvalue weighted by molar-refractivity contribution is 0.127. The van der Waals surface area contributed by atoms with Gasteiger partial charge >= 0.3 is 0 Å². The fourth-order valence-corrected chi connectivity index (χ4v) is 2.60. The first-order valence-corrected chi connectivity index (χ1v) is 5.72. The van der Waals surface area contributed by atoms with Crippen LogP contribution in [-0.2, 0) is 0 Å². The van der Waals surface area contributed by atoms with Gasteiger partial charge < -0.3 is 10.2 Å². The molecule has 76 valence electrons. The average molecular weight is 182 g/mol. The molecule has 13 heavy (non-hydrogen) atoms. The molecule has 0 amide bonds. The third-order valence-electron chi connectivity index (χ3n) is 3.53. The van der Waals surface area contributed by atoms with Crippen LogP contribution < -0.4 is 5.32 Å². The molecular weight excluding hydrogens is 160 g/mol. The Kier molecular flexibility index (Phi) is 2.61. The van der Waals surface area contributed by atoms with Crippen LogP contribution in [0.25, 0.3) is 0 Å². The summed E-state index contributed by atoms with van der Waals surface area (Å²) in [5.74, 6) is 0.965. The van der Waals surface area contributed by atoms with Crippen molar-refractivity contribution in [2.24, 2.45) is 5.92 Å². The maximum atomic E-state index is 3.70. The topological polar surface area (TPSA) is 15.3 Å². The number of nitrogens with one attached hydrogen (secondary N) is 1. The maximum absolute atomic E-state index is 3.70.